The largest absolute Gasteiger partial charge is 0.339 e. The molecule has 0 bridgehead atoms. The third-order valence-corrected chi connectivity index (χ3v) is 5.21. The van der Waals surface area contributed by atoms with Gasteiger partial charge in [0.25, 0.3) is 11.8 Å². The van der Waals surface area contributed by atoms with Gasteiger partial charge in [0.1, 0.15) is 0 Å². The lowest BCUT2D eigenvalue weighted by Crippen LogP contribution is -2.38. The van der Waals surface area contributed by atoms with Crippen molar-refractivity contribution in [2.75, 3.05) is 26.7 Å². The first-order valence-corrected chi connectivity index (χ1v) is 9.54. The van der Waals surface area contributed by atoms with E-state index < -0.39 is 0 Å². The van der Waals surface area contributed by atoms with Crippen LogP contribution in [0.3, 0.4) is 0 Å². The van der Waals surface area contributed by atoms with Gasteiger partial charge in [0.2, 0.25) is 5.82 Å². The summed E-state index contributed by atoms with van der Waals surface area (Å²) < 4.78 is 1.74. The van der Waals surface area contributed by atoms with Gasteiger partial charge in [-0.25, -0.2) is 4.98 Å². The number of hydrogen-bond donors (Lipinski definition) is 0. The van der Waals surface area contributed by atoms with Crippen molar-refractivity contribution in [3.63, 3.8) is 0 Å². The molecule has 0 spiro atoms. The first kappa shape index (κ1) is 18.4. The Balaban J connectivity index is 1.92. The first-order valence-electron chi connectivity index (χ1n) is 9.54. The Morgan fingerprint density at radius 2 is 2.00 bits per heavy atom. The van der Waals surface area contributed by atoms with E-state index in [4.69, 9.17) is 0 Å². The van der Waals surface area contributed by atoms with Crippen molar-refractivity contribution >= 4 is 17.3 Å². The first-order chi connectivity index (χ1) is 12.5. The van der Waals surface area contributed by atoms with Crippen LogP contribution in [0.1, 0.15) is 60.6 Å². The van der Waals surface area contributed by atoms with Crippen LogP contribution in [0.25, 0.3) is 5.52 Å². The van der Waals surface area contributed by atoms with E-state index in [0.717, 1.165) is 38.8 Å². The Morgan fingerprint density at radius 1 is 1.27 bits per heavy atom. The van der Waals surface area contributed by atoms with Crippen LogP contribution in [0.2, 0.25) is 0 Å². The van der Waals surface area contributed by atoms with Crippen LogP contribution in [-0.4, -0.2) is 57.7 Å². The molecule has 6 nitrogen and oxygen atoms in total. The van der Waals surface area contributed by atoms with Gasteiger partial charge in [-0.1, -0.05) is 26.3 Å². The Hall–Kier alpha value is -2.37. The van der Waals surface area contributed by atoms with Gasteiger partial charge in [-0.2, -0.15) is 0 Å². The van der Waals surface area contributed by atoms with E-state index >= 15 is 0 Å². The van der Waals surface area contributed by atoms with Crippen molar-refractivity contribution in [3.05, 3.63) is 35.9 Å². The third kappa shape index (κ3) is 3.59. The van der Waals surface area contributed by atoms with Crippen LogP contribution in [-0.2, 0) is 0 Å². The van der Waals surface area contributed by atoms with Gasteiger partial charge in [0.05, 0.1) is 5.52 Å². The van der Waals surface area contributed by atoms with Crippen LogP contribution in [0.15, 0.2) is 24.4 Å². The Morgan fingerprint density at radius 3 is 2.69 bits per heavy atom. The zero-order valence-corrected chi connectivity index (χ0v) is 15.9. The summed E-state index contributed by atoms with van der Waals surface area (Å²) in [6.07, 6.45) is 5.81. The quantitative estimate of drug-likeness (QED) is 0.827. The van der Waals surface area contributed by atoms with Crippen molar-refractivity contribution in [1.29, 1.82) is 0 Å². The second-order valence-electron chi connectivity index (χ2n) is 7.29. The summed E-state index contributed by atoms with van der Waals surface area (Å²) in [5, 5.41) is 0. The van der Waals surface area contributed by atoms with Crippen molar-refractivity contribution < 1.29 is 9.59 Å². The minimum Gasteiger partial charge on any atom is -0.339 e. The molecular formula is C20H28N4O2. The molecule has 1 aliphatic rings. The van der Waals surface area contributed by atoms with Crippen LogP contribution >= 0.6 is 0 Å². The number of aromatic nitrogens is 2. The van der Waals surface area contributed by atoms with Crippen LogP contribution < -0.4 is 0 Å². The molecule has 2 aromatic heterocycles. The molecule has 1 saturated heterocycles. The Bertz CT molecular complexity index is 790. The van der Waals surface area contributed by atoms with Crippen LogP contribution in [0.5, 0.6) is 0 Å². The Labute approximate surface area is 154 Å². The summed E-state index contributed by atoms with van der Waals surface area (Å²) in [5.74, 6) is 0.747. The topological polar surface area (TPSA) is 57.9 Å². The van der Waals surface area contributed by atoms with E-state index in [0.29, 0.717) is 29.5 Å². The van der Waals surface area contributed by atoms with Crippen molar-refractivity contribution in [2.24, 2.45) is 5.92 Å². The number of imidazole rings is 1. The van der Waals surface area contributed by atoms with Gasteiger partial charge in [0.15, 0.2) is 5.69 Å². The fraction of sp³-hybridized carbons (Fsp3) is 0.550. The summed E-state index contributed by atoms with van der Waals surface area (Å²) in [7, 11) is 1.79. The highest BCUT2D eigenvalue weighted by atomic mass is 16.2. The summed E-state index contributed by atoms with van der Waals surface area (Å²) in [4.78, 5) is 33.9. The van der Waals surface area contributed by atoms with Crippen molar-refractivity contribution in [3.8, 4) is 0 Å². The van der Waals surface area contributed by atoms with E-state index in [1.807, 2.05) is 23.1 Å². The molecule has 0 aromatic carbocycles. The number of amides is 2. The number of likely N-dealkylation sites (tertiary alicyclic amines) is 1. The summed E-state index contributed by atoms with van der Waals surface area (Å²) in [6, 6.07) is 5.59. The summed E-state index contributed by atoms with van der Waals surface area (Å²) >= 11 is 0. The number of pyridine rings is 1. The van der Waals surface area contributed by atoms with E-state index in [1.165, 1.54) is 0 Å². The smallest absolute Gasteiger partial charge is 0.289 e. The minimum absolute atomic E-state index is 0.0733. The second kappa shape index (κ2) is 7.89. The molecule has 26 heavy (non-hydrogen) atoms. The highest BCUT2D eigenvalue weighted by Crippen LogP contribution is 2.21. The van der Waals surface area contributed by atoms with E-state index in [9.17, 15) is 9.59 Å². The van der Waals surface area contributed by atoms with Crippen LogP contribution in [0.4, 0.5) is 0 Å². The number of carbonyl (C=O) groups is 2. The van der Waals surface area contributed by atoms with Crippen molar-refractivity contribution in [2.45, 2.75) is 39.5 Å². The molecular weight excluding hydrogens is 328 g/mol. The monoisotopic (exact) mass is 356 g/mol. The lowest BCUT2D eigenvalue weighted by Gasteiger charge is -2.29. The van der Waals surface area contributed by atoms with Crippen LogP contribution in [0, 0.1) is 5.92 Å². The molecule has 0 unspecified atom stereocenters. The summed E-state index contributed by atoms with van der Waals surface area (Å²) in [6.45, 7) is 6.51. The van der Waals surface area contributed by atoms with Gasteiger partial charge < -0.3 is 9.80 Å². The molecule has 0 aliphatic carbocycles. The van der Waals surface area contributed by atoms with Crippen molar-refractivity contribution in [1.82, 2.24) is 19.2 Å². The number of nitrogens with zero attached hydrogens (tertiary/aromatic N) is 4. The van der Waals surface area contributed by atoms with E-state index in [1.54, 1.807) is 22.5 Å². The number of hydrogen-bond acceptors (Lipinski definition) is 3. The maximum Gasteiger partial charge on any atom is 0.289 e. The molecule has 140 valence electrons. The number of unbranched alkanes of at least 4 members (excludes halogenated alkanes) is 1. The number of piperidine rings is 1. The fourth-order valence-electron chi connectivity index (χ4n) is 3.38. The maximum atomic E-state index is 13.0. The average molecular weight is 356 g/mol. The maximum absolute atomic E-state index is 13.0. The molecule has 0 N–H and O–H groups in total. The number of fused-ring (bicyclic) bond motifs is 1. The molecule has 2 aromatic rings. The highest BCUT2D eigenvalue weighted by molar-refractivity contribution is 6.02. The molecule has 1 aliphatic heterocycles. The van der Waals surface area contributed by atoms with Gasteiger partial charge in [-0.3, -0.25) is 14.0 Å². The summed E-state index contributed by atoms with van der Waals surface area (Å²) in [5.41, 5.74) is 1.08. The van der Waals surface area contributed by atoms with Gasteiger partial charge >= 0.3 is 0 Å². The molecule has 6 heteroatoms. The average Bonchev–Trinajstić information content (AvgIpc) is 3.05. The second-order valence-corrected chi connectivity index (χ2v) is 7.29. The zero-order chi connectivity index (χ0) is 18.7. The molecule has 0 radical (unpaired) electrons. The van der Waals surface area contributed by atoms with E-state index in [2.05, 4.69) is 18.8 Å². The normalized spacial score (nSPS) is 15.4. The molecule has 3 heterocycles. The molecule has 3 rings (SSSR count). The van der Waals surface area contributed by atoms with Gasteiger partial charge in [0, 0.05) is 32.9 Å². The standard InChI is InChI=1S/C20H28N4O2/c1-4-5-11-22(3)20(26)18-21-17(16-8-6-7-12-24(16)18)19(25)23-13-9-15(2)10-14-23/h6-8,12,15H,4-5,9-11,13-14H2,1-3H3. The molecule has 0 saturated carbocycles. The lowest BCUT2D eigenvalue weighted by molar-refractivity contribution is 0.0693. The number of carbonyl (C=O) groups excluding carboxylic acids is 2. The fourth-order valence-corrected chi connectivity index (χ4v) is 3.38. The molecule has 0 atom stereocenters. The zero-order valence-electron chi connectivity index (χ0n) is 15.9. The third-order valence-electron chi connectivity index (χ3n) is 5.21. The predicted molar refractivity (Wildman–Crippen MR) is 101 cm³/mol. The van der Waals surface area contributed by atoms with Gasteiger partial charge in [-0.05, 0) is 37.3 Å². The SMILES string of the molecule is CCCCN(C)C(=O)c1nc(C(=O)N2CCC(C)CC2)c2ccccn12. The van der Waals surface area contributed by atoms with Gasteiger partial charge in [-0.15, -0.1) is 0 Å². The molecule has 2 amide bonds. The highest BCUT2D eigenvalue weighted by Gasteiger charge is 2.28. The van der Waals surface area contributed by atoms with E-state index in [-0.39, 0.29) is 11.8 Å². The molecule has 1 fully saturated rings. The minimum atomic E-state index is -0.147. The lowest BCUT2D eigenvalue weighted by atomic mass is 9.99. The number of rotatable bonds is 5. The predicted octanol–water partition coefficient (Wildman–Crippen LogP) is 3.08. The Kier molecular flexibility index (Phi) is 5.59.